The van der Waals surface area contributed by atoms with E-state index in [-0.39, 0.29) is 24.3 Å². The zero-order chi connectivity index (χ0) is 23.7. The van der Waals surface area contributed by atoms with Gasteiger partial charge in [-0.2, -0.15) is 0 Å². The highest BCUT2D eigenvalue weighted by atomic mass is 79.9. The summed E-state index contributed by atoms with van der Waals surface area (Å²) in [4.78, 5) is 27.6. The van der Waals surface area contributed by atoms with Crippen LogP contribution in [-0.2, 0) is 0 Å². The summed E-state index contributed by atoms with van der Waals surface area (Å²) in [6, 6.07) is 11.1. The van der Waals surface area contributed by atoms with E-state index in [1.54, 1.807) is 18.3 Å². The number of aryl methyl sites for hydroxylation is 1. The number of benzene rings is 1. The Labute approximate surface area is 206 Å². The average Bonchev–Trinajstić information content (AvgIpc) is 3.10. The van der Waals surface area contributed by atoms with Crippen LogP contribution in [0.1, 0.15) is 36.9 Å². The number of fused-ring (bicyclic) bond motifs is 2. The minimum absolute atomic E-state index is 0.0455. The molecule has 2 fully saturated rings. The standard InChI is InChI=1S/C25H25BrN4O4/c1-15-23(28-14-29-24(15)34-22-4-3-11-27-16(22)2)32-21-12-18-7-8-19(13-21)30(18)25(31)33-20-9-5-17(26)6-10-20/h3-6,9-11,14,18-19,21H,7-8,12-13H2,1-2H3. The number of piperidine rings is 1. The molecule has 4 heterocycles. The van der Waals surface area contributed by atoms with E-state index in [1.165, 1.54) is 6.33 Å². The molecule has 34 heavy (non-hydrogen) atoms. The monoisotopic (exact) mass is 524 g/mol. The number of pyridine rings is 1. The van der Waals surface area contributed by atoms with E-state index >= 15 is 0 Å². The van der Waals surface area contributed by atoms with Gasteiger partial charge in [0.1, 0.15) is 18.2 Å². The van der Waals surface area contributed by atoms with Gasteiger partial charge in [-0.1, -0.05) is 15.9 Å². The number of ether oxygens (including phenoxy) is 3. The van der Waals surface area contributed by atoms with E-state index < -0.39 is 0 Å². The van der Waals surface area contributed by atoms with Crippen molar-refractivity contribution >= 4 is 22.0 Å². The Hall–Kier alpha value is -3.20. The lowest BCUT2D eigenvalue weighted by Gasteiger charge is -2.37. The normalized spacial score (nSPS) is 21.3. The summed E-state index contributed by atoms with van der Waals surface area (Å²) < 4.78 is 18.8. The van der Waals surface area contributed by atoms with Crippen LogP contribution in [0.3, 0.4) is 0 Å². The Morgan fingerprint density at radius 2 is 1.71 bits per heavy atom. The summed E-state index contributed by atoms with van der Waals surface area (Å²) in [5.74, 6) is 2.13. The quantitative estimate of drug-likeness (QED) is 0.428. The molecule has 2 saturated heterocycles. The molecule has 2 aromatic heterocycles. The van der Waals surface area contributed by atoms with Crippen LogP contribution in [0, 0.1) is 13.8 Å². The number of nitrogens with zero attached hydrogens (tertiary/aromatic N) is 4. The molecule has 2 atom stereocenters. The number of amides is 1. The van der Waals surface area contributed by atoms with Gasteiger partial charge in [0.25, 0.3) is 0 Å². The third kappa shape index (κ3) is 4.70. The first-order valence-electron chi connectivity index (χ1n) is 11.3. The van der Waals surface area contributed by atoms with Crippen LogP contribution >= 0.6 is 15.9 Å². The van der Waals surface area contributed by atoms with Crippen molar-refractivity contribution in [3.05, 3.63) is 64.7 Å². The first-order valence-corrected chi connectivity index (χ1v) is 12.1. The molecule has 3 aromatic rings. The molecule has 2 aliphatic heterocycles. The van der Waals surface area contributed by atoms with E-state index in [0.29, 0.717) is 23.3 Å². The molecule has 0 N–H and O–H groups in total. The molecule has 1 aromatic carbocycles. The fourth-order valence-corrected chi connectivity index (χ4v) is 4.92. The lowest BCUT2D eigenvalue weighted by Crippen LogP contribution is -2.50. The van der Waals surface area contributed by atoms with Gasteiger partial charge in [-0.05, 0) is 63.1 Å². The number of rotatable bonds is 5. The fourth-order valence-electron chi connectivity index (χ4n) is 4.66. The maximum atomic E-state index is 12.9. The molecular formula is C25H25BrN4O4. The molecule has 2 aliphatic rings. The molecule has 0 spiro atoms. The van der Waals surface area contributed by atoms with Crippen molar-refractivity contribution < 1.29 is 19.0 Å². The minimum atomic E-state index is -0.297. The van der Waals surface area contributed by atoms with Crippen molar-refractivity contribution in [1.82, 2.24) is 19.9 Å². The summed E-state index contributed by atoms with van der Waals surface area (Å²) >= 11 is 3.40. The van der Waals surface area contributed by atoms with E-state index in [1.807, 2.05) is 43.0 Å². The third-order valence-electron chi connectivity index (χ3n) is 6.35. The molecule has 0 saturated carbocycles. The molecule has 0 aliphatic carbocycles. The molecule has 9 heteroatoms. The van der Waals surface area contributed by atoms with Gasteiger partial charge < -0.3 is 19.1 Å². The SMILES string of the molecule is Cc1ncccc1Oc1ncnc(OC2CC3CCC(C2)N3C(=O)Oc2ccc(Br)cc2)c1C. The number of carbonyl (C=O) groups excluding carboxylic acids is 1. The van der Waals surface area contributed by atoms with Crippen LogP contribution in [0.15, 0.2) is 53.4 Å². The maximum absolute atomic E-state index is 12.9. The zero-order valence-electron chi connectivity index (χ0n) is 19.0. The average molecular weight is 525 g/mol. The lowest BCUT2D eigenvalue weighted by atomic mass is 10.0. The predicted molar refractivity (Wildman–Crippen MR) is 128 cm³/mol. The van der Waals surface area contributed by atoms with E-state index in [2.05, 4.69) is 30.9 Å². The van der Waals surface area contributed by atoms with Crippen molar-refractivity contribution in [3.63, 3.8) is 0 Å². The molecule has 2 bridgehead atoms. The Kier molecular flexibility index (Phi) is 6.36. The van der Waals surface area contributed by atoms with Gasteiger partial charge in [0.05, 0.1) is 11.3 Å². The number of carbonyl (C=O) groups is 1. The Bertz CT molecular complexity index is 1180. The Morgan fingerprint density at radius 3 is 2.41 bits per heavy atom. The summed E-state index contributed by atoms with van der Waals surface area (Å²) in [5, 5.41) is 0. The van der Waals surface area contributed by atoms with Crippen LogP contribution in [-0.4, -0.2) is 44.1 Å². The van der Waals surface area contributed by atoms with Crippen molar-refractivity contribution in [2.45, 2.75) is 57.7 Å². The summed E-state index contributed by atoms with van der Waals surface area (Å²) in [7, 11) is 0. The molecule has 8 nitrogen and oxygen atoms in total. The number of halogens is 1. The highest BCUT2D eigenvalue weighted by Crippen LogP contribution is 2.39. The summed E-state index contributed by atoms with van der Waals surface area (Å²) in [6.45, 7) is 3.77. The summed E-state index contributed by atoms with van der Waals surface area (Å²) in [5.41, 5.74) is 1.51. The first kappa shape index (κ1) is 22.6. The summed E-state index contributed by atoms with van der Waals surface area (Å²) in [6.07, 6.45) is 6.17. The van der Waals surface area contributed by atoms with Crippen molar-refractivity contribution in [1.29, 1.82) is 0 Å². The fraction of sp³-hybridized carbons (Fsp3) is 0.360. The number of aromatic nitrogens is 3. The first-order chi connectivity index (χ1) is 16.5. The van der Waals surface area contributed by atoms with Gasteiger partial charge in [-0.15, -0.1) is 0 Å². The molecule has 2 unspecified atom stereocenters. The third-order valence-corrected chi connectivity index (χ3v) is 6.88. The van der Waals surface area contributed by atoms with Crippen LogP contribution in [0.4, 0.5) is 4.79 Å². The van der Waals surface area contributed by atoms with Crippen LogP contribution in [0.25, 0.3) is 0 Å². The van der Waals surface area contributed by atoms with Crippen molar-refractivity contribution in [2.24, 2.45) is 0 Å². The van der Waals surface area contributed by atoms with Gasteiger partial charge in [0.2, 0.25) is 11.8 Å². The molecule has 0 radical (unpaired) electrons. The topological polar surface area (TPSA) is 86.7 Å². The highest BCUT2D eigenvalue weighted by molar-refractivity contribution is 9.10. The van der Waals surface area contributed by atoms with Crippen LogP contribution in [0.2, 0.25) is 0 Å². The maximum Gasteiger partial charge on any atom is 0.415 e. The number of hydrogen-bond acceptors (Lipinski definition) is 7. The largest absolute Gasteiger partial charge is 0.474 e. The van der Waals surface area contributed by atoms with Crippen molar-refractivity contribution in [3.8, 4) is 23.3 Å². The van der Waals surface area contributed by atoms with Gasteiger partial charge in [-0.3, -0.25) is 4.98 Å². The second-order valence-corrected chi connectivity index (χ2v) is 9.54. The van der Waals surface area contributed by atoms with Gasteiger partial charge in [0.15, 0.2) is 5.75 Å². The van der Waals surface area contributed by atoms with Crippen LogP contribution < -0.4 is 14.2 Å². The second-order valence-electron chi connectivity index (χ2n) is 8.62. The Balaban J connectivity index is 1.25. The molecule has 176 valence electrons. The molecule has 1 amide bonds. The zero-order valence-corrected chi connectivity index (χ0v) is 20.6. The second kappa shape index (κ2) is 9.58. The Morgan fingerprint density at radius 1 is 1.00 bits per heavy atom. The smallest absolute Gasteiger partial charge is 0.415 e. The van der Waals surface area contributed by atoms with E-state index in [0.717, 1.165) is 41.4 Å². The number of hydrogen-bond donors (Lipinski definition) is 0. The van der Waals surface area contributed by atoms with Crippen molar-refractivity contribution in [2.75, 3.05) is 0 Å². The molecular weight excluding hydrogens is 500 g/mol. The van der Waals surface area contributed by atoms with Crippen LogP contribution in [0.5, 0.6) is 23.3 Å². The van der Waals surface area contributed by atoms with E-state index in [4.69, 9.17) is 14.2 Å². The highest BCUT2D eigenvalue weighted by Gasteiger charge is 2.45. The molecule has 5 rings (SSSR count). The van der Waals surface area contributed by atoms with Gasteiger partial charge >= 0.3 is 6.09 Å². The van der Waals surface area contributed by atoms with Gasteiger partial charge in [0, 0.05) is 35.6 Å². The van der Waals surface area contributed by atoms with Gasteiger partial charge in [-0.25, -0.2) is 14.8 Å². The predicted octanol–water partition coefficient (Wildman–Crippen LogP) is 5.62. The van der Waals surface area contributed by atoms with E-state index in [9.17, 15) is 4.79 Å². The minimum Gasteiger partial charge on any atom is -0.474 e. The lowest BCUT2D eigenvalue weighted by molar-refractivity contribution is 0.0502.